The second-order valence-electron chi connectivity index (χ2n) is 9.64. The highest BCUT2D eigenvalue weighted by atomic mass is 16.6. The third-order valence-corrected chi connectivity index (χ3v) is 6.88. The Morgan fingerprint density at radius 1 is 1.11 bits per heavy atom. The van der Waals surface area contributed by atoms with Crippen molar-refractivity contribution in [3.8, 4) is 5.75 Å². The van der Waals surface area contributed by atoms with Gasteiger partial charge in [-0.1, -0.05) is 6.07 Å². The molecular formula is C26H33N5O7. The molecule has 2 aromatic heterocycles. The lowest BCUT2D eigenvalue weighted by Crippen LogP contribution is -2.62. The van der Waals surface area contributed by atoms with E-state index in [0.717, 1.165) is 5.56 Å². The van der Waals surface area contributed by atoms with E-state index in [1.54, 1.807) is 37.5 Å². The molecule has 7 unspecified atom stereocenters. The van der Waals surface area contributed by atoms with E-state index in [9.17, 15) is 24.6 Å². The van der Waals surface area contributed by atoms with Crippen LogP contribution in [0.1, 0.15) is 31.5 Å². The van der Waals surface area contributed by atoms with Gasteiger partial charge in [0, 0.05) is 38.2 Å². The lowest BCUT2D eigenvalue weighted by molar-refractivity contribution is -0.184. The Kier molecular flexibility index (Phi) is 8.87. The van der Waals surface area contributed by atoms with Crippen LogP contribution in [0.2, 0.25) is 0 Å². The Balaban J connectivity index is 1.63. The van der Waals surface area contributed by atoms with Crippen molar-refractivity contribution in [3.05, 3.63) is 54.1 Å². The number of aromatic hydroxyl groups is 1. The molecule has 0 saturated carbocycles. The van der Waals surface area contributed by atoms with Crippen molar-refractivity contribution < 1.29 is 34.1 Å². The van der Waals surface area contributed by atoms with Crippen LogP contribution in [0.15, 0.2) is 42.9 Å². The fourth-order valence-corrected chi connectivity index (χ4v) is 4.47. The summed E-state index contributed by atoms with van der Waals surface area (Å²) in [5, 5.41) is 30.0. The highest BCUT2D eigenvalue weighted by Crippen LogP contribution is 2.22. The van der Waals surface area contributed by atoms with Crippen molar-refractivity contribution in [2.24, 2.45) is 5.92 Å². The number of carbonyl (C=O) groups excluding carboxylic acids is 3. The average Bonchev–Trinajstić information content (AvgIpc) is 2.87. The normalized spacial score (nSPS) is 30.6. The number of ether oxygens (including phenoxy) is 2. The van der Waals surface area contributed by atoms with Crippen LogP contribution in [0.25, 0.3) is 0 Å². The summed E-state index contributed by atoms with van der Waals surface area (Å²) in [6.07, 6.45) is 2.30. The molecule has 0 aliphatic carbocycles. The molecule has 0 radical (unpaired) electrons. The highest BCUT2D eigenvalue weighted by molar-refractivity contribution is 5.88. The van der Waals surface area contributed by atoms with Crippen molar-refractivity contribution in [2.45, 2.75) is 69.7 Å². The number of nitrogens with one attached hydrogen (secondary N) is 3. The molecule has 38 heavy (non-hydrogen) atoms. The second-order valence-corrected chi connectivity index (χ2v) is 9.64. The molecule has 4 rings (SSSR count). The van der Waals surface area contributed by atoms with Crippen LogP contribution in [-0.2, 0) is 36.8 Å². The number of aliphatic hydroxyl groups is 1. The van der Waals surface area contributed by atoms with E-state index >= 15 is 0 Å². The first kappa shape index (κ1) is 27.4. The Bertz CT molecular complexity index is 1130. The first-order valence-corrected chi connectivity index (χ1v) is 12.6. The maximum Gasteiger partial charge on any atom is 0.312 e. The number of rotatable bonds is 6. The van der Waals surface area contributed by atoms with Crippen LogP contribution in [-0.4, -0.2) is 81.0 Å². The maximum absolute atomic E-state index is 13.6. The summed E-state index contributed by atoms with van der Waals surface area (Å²) in [6.45, 7) is 3.59. The van der Waals surface area contributed by atoms with Crippen LogP contribution >= 0.6 is 0 Å². The summed E-state index contributed by atoms with van der Waals surface area (Å²) in [5.41, 5.74) is 1.06. The van der Waals surface area contributed by atoms with Crippen molar-refractivity contribution in [1.82, 2.24) is 25.9 Å². The Morgan fingerprint density at radius 2 is 1.87 bits per heavy atom. The number of hydrogen-bond acceptors (Lipinski definition) is 10. The molecule has 4 heterocycles. The van der Waals surface area contributed by atoms with Gasteiger partial charge >= 0.3 is 5.97 Å². The Labute approximate surface area is 220 Å². The molecule has 5 N–H and O–H groups in total. The fourth-order valence-electron chi connectivity index (χ4n) is 4.47. The zero-order chi connectivity index (χ0) is 27.2. The van der Waals surface area contributed by atoms with Gasteiger partial charge in [0.1, 0.15) is 17.9 Å². The van der Waals surface area contributed by atoms with Gasteiger partial charge in [0.05, 0.1) is 29.8 Å². The molecule has 12 nitrogen and oxygen atoms in total. The number of aromatic nitrogens is 2. The van der Waals surface area contributed by atoms with E-state index in [1.807, 2.05) is 0 Å². The smallest absolute Gasteiger partial charge is 0.312 e. The molecule has 0 spiro atoms. The van der Waals surface area contributed by atoms with Gasteiger partial charge in [0.25, 0.3) is 5.91 Å². The molecule has 2 aliphatic heterocycles. The third-order valence-electron chi connectivity index (χ3n) is 6.88. The zero-order valence-electron chi connectivity index (χ0n) is 21.2. The van der Waals surface area contributed by atoms with Gasteiger partial charge in [-0.2, -0.15) is 0 Å². The van der Waals surface area contributed by atoms with Crippen molar-refractivity contribution in [3.63, 3.8) is 0 Å². The Hall–Kier alpha value is -3.61. The number of nitrogens with zero attached hydrogens (tertiary/aromatic N) is 2. The molecule has 2 fully saturated rings. The lowest BCUT2D eigenvalue weighted by atomic mass is 9.92. The van der Waals surface area contributed by atoms with Crippen molar-refractivity contribution >= 4 is 17.8 Å². The van der Waals surface area contributed by atoms with E-state index < -0.39 is 60.1 Å². The highest BCUT2D eigenvalue weighted by Gasteiger charge is 2.42. The monoisotopic (exact) mass is 527 g/mol. The summed E-state index contributed by atoms with van der Waals surface area (Å²) in [5.74, 6) is -2.99. The quantitative estimate of drug-likeness (QED) is 0.311. The number of esters is 1. The number of amides is 2. The number of pyridine rings is 2. The molecule has 7 atom stereocenters. The largest absolute Gasteiger partial charge is 0.506 e. The van der Waals surface area contributed by atoms with Crippen LogP contribution in [0.4, 0.5) is 0 Å². The van der Waals surface area contributed by atoms with Crippen LogP contribution < -0.4 is 16.0 Å². The summed E-state index contributed by atoms with van der Waals surface area (Å²) < 4.78 is 11.0. The van der Waals surface area contributed by atoms with Gasteiger partial charge in [-0.15, -0.1) is 0 Å². The van der Waals surface area contributed by atoms with Gasteiger partial charge in [0.15, 0.2) is 0 Å². The first-order chi connectivity index (χ1) is 18.2. The topological polar surface area (TPSA) is 172 Å². The molecule has 2 saturated heterocycles. The molecule has 2 amide bonds. The average molecular weight is 528 g/mol. The summed E-state index contributed by atoms with van der Waals surface area (Å²) in [7, 11) is 0. The standard InChI is InChI=1S/C26H33N5O7/c1-14-22(33)17(11-16-5-3-8-27-12-16)31-24(34)21(29-13-18-19(32)6-4-9-28-18)15(2)30-25(35)23(38-26(14)36)20-7-10-37-20/h3-6,8-9,12,14-15,17,20-23,29,32-33H,7,10-11,13H2,1-2H3,(H,30,35)(H,31,34). The number of aliphatic hydroxyl groups excluding tert-OH is 1. The molecular weight excluding hydrogens is 494 g/mol. The molecule has 204 valence electrons. The molecule has 0 bridgehead atoms. The lowest BCUT2D eigenvalue weighted by Gasteiger charge is -2.37. The maximum atomic E-state index is 13.6. The molecule has 2 aromatic rings. The fraction of sp³-hybridized carbons (Fsp3) is 0.500. The van der Waals surface area contributed by atoms with Gasteiger partial charge in [0.2, 0.25) is 12.0 Å². The van der Waals surface area contributed by atoms with E-state index in [2.05, 4.69) is 25.9 Å². The van der Waals surface area contributed by atoms with E-state index in [0.29, 0.717) is 18.7 Å². The summed E-state index contributed by atoms with van der Waals surface area (Å²) in [4.78, 5) is 47.9. The van der Waals surface area contributed by atoms with Crippen molar-refractivity contribution in [1.29, 1.82) is 0 Å². The zero-order valence-corrected chi connectivity index (χ0v) is 21.2. The minimum atomic E-state index is -1.33. The van der Waals surface area contributed by atoms with Crippen LogP contribution in [0.5, 0.6) is 5.75 Å². The summed E-state index contributed by atoms with van der Waals surface area (Å²) in [6, 6.07) is 3.97. The van der Waals surface area contributed by atoms with Gasteiger partial charge in [-0.25, -0.2) is 0 Å². The van der Waals surface area contributed by atoms with E-state index in [1.165, 1.54) is 19.2 Å². The molecule has 2 aliphatic rings. The third kappa shape index (κ3) is 6.44. The minimum Gasteiger partial charge on any atom is -0.506 e. The minimum absolute atomic E-state index is 0.0291. The van der Waals surface area contributed by atoms with Crippen LogP contribution in [0.3, 0.4) is 0 Å². The SMILES string of the molecule is CC1NC(=O)C(C2CCO2)OC(=O)C(C)C(O)C(Cc2cccnc2)NC(=O)C1NCc1ncccc1O. The predicted molar refractivity (Wildman–Crippen MR) is 133 cm³/mol. The Morgan fingerprint density at radius 3 is 2.53 bits per heavy atom. The number of carbonyl (C=O) groups is 3. The number of cyclic esters (lactones) is 1. The summed E-state index contributed by atoms with van der Waals surface area (Å²) >= 11 is 0. The van der Waals surface area contributed by atoms with Gasteiger partial charge in [-0.3, -0.25) is 29.7 Å². The van der Waals surface area contributed by atoms with Crippen molar-refractivity contribution in [2.75, 3.05) is 6.61 Å². The molecule has 12 heteroatoms. The van der Waals surface area contributed by atoms with E-state index in [4.69, 9.17) is 9.47 Å². The van der Waals surface area contributed by atoms with Gasteiger partial charge < -0.3 is 30.3 Å². The first-order valence-electron chi connectivity index (χ1n) is 12.6. The van der Waals surface area contributed by atoms with Crippen LogP contribution in [0, 0.1) is 5.92 Å². The molecule has 0 aromatic carbocycles. The predicted octanol–water partition coefficient (Wildman–Crippen LogP) is -0.416. The van der Waals surface area contributed by atoms with Gasteiger partial charge in [-0.05, 0) is 44.0 Å². The second kappa shape index (κ2) is 12.3. The van der Waals surface area contributed by atoms with E-state index in [-0.39, 0.29) is 18.7 Å². The number of hydrogen-bond donors (Lipinski definition) is 5.